The van der Waals surface area contributed by atoms with E-state index in [1.807, 2.05) is 30.3 Å². The lowest BCUT2D eigenvalue weighted by molar-refractivity contribution is -0.122. The van der Waals surface area contributed by atoms with Gasteiger partial charge in [-0.25, -0.2) is 13.1 Å². The van der Waals surface area contributed by atoms with Crippen LogP contribution >= 0.6 is 0 Å². The van der Waals surface area contributed by atoms with Crippen molar-refractivity contribution < 1.29 is 13.2 Å². The van der Waals surface area contributed by atoms with Gasteiger partial charge in [-0.2, -0.15) is 5.26 Å². The molecule has 2 aromatic carbocycles. The Bertz CT molecular complexity index is 961. The minimum atomic E-state index is -3.48. The Labute approximate surface area is 166 Å². The van der Waals surface area contributed by atoms with Crippen LogP contribution in [-0.2, 0) is 14.8 Å². The number of amides is 1. The van der Waals surface area contributed by atoms with Crippen molar-refractivity contribution in [1.82, 2.24) is 10.0 Å². The molecule has 0 bridgehead atoms. The molecular formula is C21H25N3O3S. The van der Waals surface area contributed by atoms with Gasteiger partial charge < -0.3 is 5.32 Å². The van der Waals surface area contributed by atoms with Crippen LogP contribution in [0.15, 0.2) is 53.4 Å². The van der Waals surface area contributed by atoms with E-state index in [9.17, 15) is 13.2 Å². The van der Waals surface area contributed by atoms with E-state index in [2.05, 4.69) is 23.9 Å². The van der Waals surface area contributed by atoms with Gasteiger partial charge in [-0.15, -0.1) is 0 Å². The van der Waals surface area contributed by atoms with E-state index in [1.165, 1.54) is 7.05 Å². The molecule has 1 unspecified atom stereocenters. The zero-order valence-electron chi connectivity index (χ0n) is 16.3. The molecule has 0 radical (unpaired) electrons. The van der Waals surface area contributed by atoms with Crippen LogP contribution in [0.3, 0.4) is 0 Å². The molecule has 28 heavy (non-hydrogen) atoms. The van der Waals surface area contributed by atoms with Gasteiger partial charge in [-0.1, -0.05) is 50.2 Å². The number of rotatable bonds is 8. The van der Waals surface area contributed by atoms with Crippen molar-refractivity contribution in [3.05, 3.63) is 54.1 Å². The quantitative estimate of drug-likeness (QED) is 0.667. The van der Waals surface area contributed by atoms with Gasteiger partial charge in [-0.3, -0.25) is 4.79 Å². The van der Waals surface area contributed by atoms with E-state index >= 15 is 0 Å². The lowest BCUT2D eigenvalue weighted by Crippen LogP contribution is -2.30. The Morgan fingerprint density at radius 1 is 1.11 bits per heavy atom. The highest BCUT2D eigenvalue weighted by molar-refractivity contribution is 7.89. The average molecular weight is 400 g/mol. The first-order valence-corrected chi connectivity index (χ1v) is 10.6. The van der Waals surface area contributed by atoms with Crippen LogP contribution in [0.25, 0.3) is 11.1 Å². The topological polar surface area (TPSA) is 99.1 Å². The third-order valence-corrected chi connectivity index (χ3v) is 5.85. The summed E-state index contributed by atoms with van der Waals surface area (Å²) in [6, 6.07) is 16.2. The fraction of sp³-hybridized carbons (Fsp3) is 0.333. The standard InChI is InChI=1S/C21H25N3O3S/c1-15(2)13-20(21(25)24-12-11-22)18-6-4-5-17(14-18)16-7-9-19(10-8-16)28(26,27)23-3/h4-10,14-15,20,23H,12-13H2,1-3H3,(H,24,25). The number of carbonyl (C=O) groups excluding carboxylic acids is 1. The Morgan fingerprint density at radius 3 is 2.36 bits per heavy atom. The normalized spacial score (nSPS) is 12.4. The molecule has 0 aromatic heterocycles. The highest BCUT2D eigenvalue weighted by Gasteiger charge is 2.22. The van der Waals surface area contributed by atoms with Crippen molar-refractivity contribution in [3.8, 4) is 17.2 Å². The molecule has 0 heterocycles. The predicted octanol–water partition coefficient (Wildman–Crippen LogP) is 3.03. The number of nitrogens with one attached hydrogen (secondary N) is 2. The van der Waals surface area contributed by atoms with Crippen LogP contribution in [0.5, 0.6) is 0 Å². The van der Waals surface area contributed by atoms with E-state index in [4.69, 9.17) is 5.26 Å². The molecule has 2 aromatic rings. The van der Waals surface area contributed by atoms with Crippen molar-refractivity contribution >= 4 is 15.9 Å². The van der Waals surface area contributed by atoms with Crippen LogP contribution in [0, 0.1) is 17.2 Å². The average Bonchev–Trinajstić information content (AvgIpc) is 2.70. The lowest BCUT2D eigenvalue weighted by atomic mass is 9.88. The zero-order chi connectivity index (χ0) is 20.7. The molecule has 0 spiro atoms. The summed E-state index contributed by atoms with van der Waals surface area (Å²) in [6.07, 6.45) is 0.667. The molecule has 2 rings (SSSR count). The maximum atomic E-state index is 12.5. The maximum Gasteiger partial charge on any atom is 0.240 e. The van der Waals surface area contributed by atoms with Gasteiger partial charge in [0.2, 0.25) is 15.9 Å². The van der Waals surface area contributed by atoms with Gasteiger partial charge in [0.15, 0.2) is 0 Å². The molecule has 1 amide bonds. The first kappa shape index (κ1) is 21.6. The van der Waals surface area contributed by atoms with Crippen molar-refractivity contribution in [1.29, 1.82) is 5.26 Å². The van der Waals surface area contributed by atoms with E-state index in [0.29, 0.717) is 12.3 Å². The zero-order valence-corrected chi connectivity index (χ0v) is 17.1. The van der Waals surface area contributed by atoms with Gasteiger partial charge >= 0.3 is 0 Å². The Kier molecular flexibility index (Phi) is 7.32. The van der Waals surface area contributed by atoms with Gasteiger partial charge in [-0.05, 0) is 48.2 Å². The summed E-state index contributed by atoms with van der Waals surface area (Å²) in [6.45, 7) is 4.08. The summed E-state index contributed by atoms with van der Waals surface area (Å²) in [5.41, 5.74) is 2.62. The second kappa shape index (κ2) is 9.49. The molecule has 0 aliphatic rings. The second-order valence-electron chi connectivity index (χ2n) is 6.92. The summed E-state index contributed by atoms with van der Waals surface area (Å²) >= 11 is 0. The number of hydrogen-bond donors (Lipinski definition) is 2. The molecule has 0 aliphatic heterocycles. The molecule has 7 heteroatoms. The number of nitriles is 1. The molecular weight excluding hydrogens is 374 g/mol. The minimum absolute atomic E-state index is 0.0193. The predicted molar refractivity (Wildman–Crippen MR) is 109 cm³/mol. The minimum Gasteiger partial charge on any atom is -0.342 e. The third-order valence-electron chi connectivity index (χ3n) is 4.42. The first-order chi connectivity index (χ1) is 13.3. The van der Waals surface area contributed by atoms with Gasteiger partial charge in [0.25, 0.3) is 0 Å². The summed E-state index contributed by atoms with van der Waals surface area (Å²) in [4.78, 5) is 12.7. The smallest absolute Gasteiger partial charge is 0.240 e. The van der Waals surface area contributed by atoms with Crippen molar-refractivity contribution in [2.45, 2.75) is 31.1 Å². The Hall–Kier alpha value is -2.69. The number of hydrogen-bond acceptors (Lipinski definition) is 4. The summed E-state index contributed by atoms with van der Waals surface area (Å²) in [5, 5.41) is 11.4. The monoisotopic (exact) mass is 399 g/mol. The highest BCUT2D eigenvalue weighted by atomic mass is 32.2. The highest BCUT2D eigenvalue weighted by Crippen LogP contribution is 2.29. The molecule has 2 N–H and O–H groups in total. The molecule has 0 fully saturated rings. The molecule has 148 valence electrons. The van der Waals surface area contributed by atoms with Gasteiger partial charge in [0.1, 0.15) is 6.54 Å². The molecule has 1 atom stereocenters. The first-order valence-electron chi connectivity index (χ1n) is 9.07. The lowest BCUT2D eigenvalue weighted by Gasteiger charge is -2.19. The maximum absolute atomic E-state index is 12.5. The second-order valence-corrected chi connectivity index (χ2v) is 8.80. The van der Waals surface area contributed by atoms with Crippen LogP contribution in [0.1, 0.15) is 31.7 Å². The van der Waals surface area contributed by atoms with Crippen molar-refractivity contribution in [2.24, 2.45) is 5.92 Å². The van der Waals surface area contributed by atoms with Crippen molar-refractivity contribution in [3.63, 3.8) is 0 Å². The van der Waals surface area contributed by atoms with Gasteiger partial charge in [0, 0.05) is 0 Å². The van der Waals surface area contributed by atoms with Crippen LogP contribution in [0.4, 0.5) is 0 Å². The van der Waals surface area contributed by atoms with E-state index < -0.39 is 10.0 Å². The number of benzene rings is 2. The number of carbonyl (C=O) groups is 1. The molecule has 0 saturated carbocycles. The SMILES string of the molecule is CNS(=O)(=O)c1ccc(-c2cccc(C(CC(C)C)C(=O)NCC#N)c2)cc1. The summed E-state index contributed by atoms with van der Waals surface area (Å²) < 4.78 is 26.0. The molecule has 0 saturated heterocycles. The Morgan fingerprint density at radius 2 is 1.79 bits per heavy atom. The number of nitrogens with zero attached hydrogens (tertiary/aromatic N) is 1. The molecule has 6 nitrogen and oxygen atoms in total. The van der Waals surface area contributed by atoms with E-state index in [-0.39, 0.29) is 23.3 Å². The van der Waals surface area contributed by atoms with Gasteiger partial charge in [0.05, 0.1) is 16.9 Å². The third kappa shape index (κ3) is 5.41. The van der Waals surface area contributed by atoms with Crippen molar-refractivity contribution in [2.75, 3.05) is 13.6 Å². The van der Waals surface area contributed by atoms with E-state index in [1.54, 1.807) is 24.3 Å². The largest absolute Gasteiger partial charge is 0.342 e. The van der Waals surface area contributed by atoms with E-state index in [0.717, 1.165) is 16.7 Å². The number of sulfonamides is 1. The summed E-state index contributed by atoms with van der Waals surface area (Å²) in [7, 11) is -2.11. The Balaban J connectivity index is 2.35. The fourth-order valence-corrected chi connectivity index (χ4v) is 3.73. The van der Waals surface area contributed by atoms with Crippen LogP contribution in [0.2, 0.25) is 0 Å². The van der Waals surface area contributed by atoms with Crippen LogP contribution < -0.4 is 10.0 Å². The van der Waals surface area contributed by atoms with Crippen LogP contribution in [-0.4, -0.2) is 27.9 Å². The fourth-order valence-electron chi connectivity index (χ4n) is 3.00. The molecule has 0 aliphatic carbocycles. The summed E-state index contributed by atoms with van der Waals surface area (Å²) in [5.74, 6) is -0.201.